The van der Waals surface area contributed by atoms with Gasteiger partial charge in [0.05, 0.1) is 18.1 Å². The maximum absolute atomic E-state index is 11.0. The van der Waals surface area contributed by atoms with Crippen LogP contribution in [0.2, 0.25) is 0 Å². The molecule has 168 valence electrons. The zero-order valence-electron chi connectivity index (χ0n) is 17.9. The summed E-state index contributed by atoms with van der Waals surface area (Å²) in [4.78, 5) is 10.6. The highest BCUT2D eigenvalue weighted by atomic mass is 79.9. The van der Waals surface area contributed by atoms with Crippen molar-refractivity contribution in [2.24, 2.45) is 0 Å². The summed E-state index contributed by atoms with van der Waals surface area (Å²) in [6.07, 6.45) is 3.96. The van der Waals surface area contributed by atoms with Crippen LogP contribution in [0.25, 0.3) is 11.0 Å². The lowest BCUT2D eigenvalue weighted by atomic mass is 9.99. The minimum atomic E-state index is -0.370. The zero-order valence-corrected chi connectivity index (χ0v) is 19.5. The lowest BCUT2D eigenvalue weighted by Crippen LogP contribution is -3.00. The van der Waals surface area contributed by atoms with Gasteiger partial charge in [0.15, 0.2) is 11.0 Å². The first-order valence-corrected chi connectivity index (χ1v) is 10.8. The van der Waals surface area contributed by atoms with Crippen LogP contribution in [0.5, 0.6) is 11.5 Å². The number of nitro groups is 1. The number of nitrogens with zero attached hydrogens (tertiary/aromatic N) is 3. The number of aromatic nitrogens is 2. The summed E-state index contributed by atoms with van der Waals surface area (Å²) in [5.74, 6) is 2.02. The number of imidazole rings is 1. The van der Waals surface area contributed by atoms with Gasteiger partial charge in [-0.15, -0.1) is 0 Å². The molecule has 0 aliphatic carbocycles. The molecule has 0 bridgehead atoms. The van der Waals surface area contributed by atoms with Crippen LogP contribution in [0.1, 0.15) is 22.3 Å². The second-order valence-corrected chi connectivity index (χ2v) is 8.30. The van der Waals surface area contributed by atoms with Crippen molar-refractivity contribution in [3.05, 3.63) is 93.3 Å². The number of non-ortho nitro benzene ring substituents is 1. The van der Waals surface area contributed by atoms with Gasteiger partial charge in [-0.1, -0.05) is 12.1 Å². The van der Waals surface area contributed by atoms with Gasteiger partial charge in [0.25, 0.3) is 5.69 Å². The van der Waals surface area contributed by atoms with Gasteiger partial charge in [-0.3, -0.25) is 10.1 Å². The zero-order chi connectivity index (χ0) is 21.7. The van der Waals surface area contributed by atoms with E-state index in [2.05, 4.69) is 39.7 Å². The third-order valence-electron chi connectivity index (χ3n) is 6.37. The number of fused-ring (bicyclic) bond motifs is 3. The molecule has 0 atom stereocenters. The number of rotatable bonds is 5. The molecule has 3 aromatic carbocycles. The molecule has 0 spiro atoms. The lowest BCUT2D eigenvalue weighted by Gasteiger charge is -2.11. The molecule has 0 unspecified atom stereocenters. The van der Waals surface area contributed by atoms with E-state index in [-0.39, 0.29) is 27.6 Å². The molecule has 2 aliphatic heterocycles. The number of nitro benzene ring substituents is 1. The fourth-order valence-corrected chi connectivity index (χ4v) is 4.84. The van der Waals surface area contributed by atoms with Crippen molar-refractivity contribution < 1.29 is 35.9 Å². The molecule has 1 aromatic heterocycles. The average Bonchev–Trinajstić information content (AvgIpc) is 3.53. The van der Waals surface area contributed by atoms with Gasteiger partial charge in [0, 0.05) is 41.7 Å². The topological polar surface area (TPSA) is 70.4 Å². The molecule has 7 nitrogen and oxygen atoms in total. The van der Waals surface area contributed by atoms with Gasteiger partial charge in [0.2, 0.25) is 6.33 Å². The van der Waals surface area contributed by atoms with E-state index in [4.69, 9.17) is 9.47 Å². The lowest BCUT2D eigenvalue weighted by molar-refractivity contribution is -0.663. The van der Waals surface area contributed by atoms with Crippen molar-refractivity contribution in [3.63, 3.8) is 0 Å². The van der Waals surface area contributed by atoms with Crippen LogP contribution in [0.3, 0.4) is 0 Å². The molecule has 0 radical (unpaired) electrons. The average molecular weight is 508 g/mol. The number of hydrogen-bond donors (Lipinski definition) is 0. The van der Waals surface area contributed by atoms with Crippen LogP contribution >= 0.6 is 0 Å². The molecule has 4 aromatic rings. The van der Waals surface area contributed by atoms with Gasteiger partial charge >= 0.3 is 0 Å². The standard InChI is InChI=1S/C25H22N3O4.BrH/c29-28(30)19-7-5-17(6-8-19)14-26-16-27(23-4-2-1-3-22(23)26)15-21-20-10-12-31-24(20)13-18-9-11-32-25(18)21;/h1-8,13,16H,9-12,14-15H2;1H/q+1;/p-1. The summed E-state index contributed by atoms with van der Waals surface area (Å²) in [6.45, 7) is 2.79. The highest BCUT2D eigenvalue weighted by Gasteiger charge is 2.28. The molecule has 0 saturated carbocycles. The van der Waals surface area contributed by atoms with Gasteiger partial charge < -0.3 is 26.5 Å². The van der Waals surface area contributed by atoms with Crippen LogP contribution < -0.4 is 31.0 Å². The van der Waals surface area contributed by atoms with Gasteiger partial charge in [0.1, 0.15) is 24.6 Å². The third-order valence-corrected chi connectivity index (χ3v) is 6.37. The van der Waals surface area contributed by atoms with Crippen molar-refractivity contribution in [2.75, 3.05) is 13.2 Å². The predicted octanol–water partition coefficient (Wildman–Crippen LogP) is 0.807. The molecule has 33 heavy (non-hydrogen) atoms. The van der Waals surface area contributed by atoms with Crippen molar-refractivity contribution in [1.29, 1.82) is 0 Å². The Morgan fingerprint density at radius 2 is 1.82 bits per heavy atom. The van der Waals surface area contributed by atoms with Gasteiger partial charge in [-0.2, -0.15) is 0 Å². The van der Waals surface area contributed by atoms with Gasteiger partial charge in [-0.05, 0) is 35.9 Å². The number of halogens is 1. The van der Waals surface area contributed by atoms with Gasteiger partial charge in [-0.25, -0.2) is 9.13 Å². The first-order chi connectivity index (χ1) is 15.7. The summed E-state index contributed by atoms with van der Waals surface area (Å²) in [6, 6.07) is 17.2. The summed E-state index contributed by atoms with van der Waals surface area (Å²) in [5.41, 5.74) is 7.08. The Kier molecular flexibility index (Phi) is 5.54. The van der Waals surface area contributed by atoms with Crippen LogP contribution in [-0.4, -0.2) is 22.7 Å². The van der Waals surface area contributed by atoms with Crippen molar-refractivity contribution in [2.45, 2.75) is 25.9 Å². The highest BCUT2D eigenvalue weighted by molar-refractivity contribution is 5.72. The predicted molar refractivity (Wildman–Crippen MR) is 118 cm³/mol. The number of para-hydroxylation sites is 2. The third kappa shape index (κ3) is 3.74. The Morgan fingerprint density at radius 1 is 1.03 bits per heavy atom. The smallest absolute Gasteiger partial charge is 0.269 e. The molecule has 2 aliphatic rings. The Labute approximate surface area is 201 Å². The quantitative estimate of drug-likeness (QED) is 0.227. The Bertz CT molecular complexity index is 1330. The van der Waals surface area contributed by atoms with Crippen molar-refractivity contribution in [3.8, 4) is 11.5 Å². The molecule has 0 fully saturated rings. The molecule has 3 heterocycles. The SMILES string of the molecule is O=[N+]([O-])c1ccc(C[n+]2cn(Cc3c4c(cc5c3OCC5)OCC4)c3ccccc32)cc1.[Br-]. The van der Waals surface area contributed by atoms with Crippen LogP contribution in [-0.2, 0) is 25.9 Å². The monoisotopic (exact) mass is 507 g/mol. The fraction of sp³-hybridized carbons (Fsp3) is 0.240. The maximum atomic E-state index is 11.0. The first kappa shape index (κ1) is 21.5. The highest BCUT2D eigenvalue weighted by Crippen LogP contribution is 2.41. The second-order valence-electron chi connectivity index (χ2n) is 8.30. The van der Waals surface area contributed by atoms with E-state index < -0.39 is 0 Å². The maximum Gasteiger partial charge on any atom is 0.269 e. The van der Waals surface area contributed by atoms with Crippen LogP contribution in [0.4, 0.5) is 5.69 Å². The minimum Gasteiger partial charge on any atom is -1.00 e. The Balaban J connectivity index is 0.00000228. The first-order valence-electron chi connectivity index (χ1n) is 10.8. The van der Waals surface area contributed by atoms with Crippen LogP contribution in [0, 0.1) is 10.1 Å². The van der Waals surface area contributed by atoms with Crippen LogP contribution in [0.15, 0.2) is 60.9 Å². The van der Waals surface area contributed by atoms with E-state index in [1.54, 1.807) is 12.1 Å². The molecule has 8 heteroatoms. The molecule has 6 rings (SSSR count). The molecule has 0 saturated heterocycles. The summed E-state index contributed by atoms with van der Waals surface area (Å²) in [5, 5.41) is 11.0. The normalized spacial score (nSPS) is 13.7. The number of hydrogen-bond acceptors (Lipinski definition) is 4. The Hall–Kier alpha value is -3.39. The van der Waals surface area contributed by atoms with Crippen molar-refractivity contribution >= 4 is 16.7 Å². The molecule has 0 N–H and O–H groups in total. The van der Waals surface area contributed by atoms with E-state index in [1.807, 2.05) is 18.2 Å². The van der Waals surface area contributed by atoms with E-state index in [1.165, 1.54) is 16.7 Å². The second kappa shape index (κ2) is 8.51. The summed E-state index contributed by atoms with van der Waals surface area (Å²) < 4.78 is 16.4. The Morgan fingerprint density at radius 3 is 2.64 bits per heavy atom. The molecular weight excluding hydrogens is 486 g/mol. The number of benzene rings is 3. The van der Waals surface area contributed by atoms with E-state index >= 15 is 0 Å². The molecular formula is C25H22BrN3O4. The largest absolute Gasteiger partial charge is 1.00 e. The molecule has 0 amide bonds. The summed E-state index contributed by atoms with van der Waals surface area (Å²) >= 11 is 0. The van der Waals surface area contributed by atoms with Crippen molar-refractivity contribution in [1.82, 2.24) is 4.57 Å². The van der Waals surface area contributed by atoms with E-state index in [0.29, 0.717) is 13.1 Å². The van der Waals surface area contributed by atoms with E-state index in [0.717, 1.165) is 54.2 Å². The van der Waals surface area contributed by atoms with E-state index in [9.17, 15) is 10.1 Å². The fourth-order valence-electron chi connectivity index (χ4n) is 4.84. The minimum absolute atomic E-state index is 0. The number of ether oxygens (including phenoxy) is 2. The summed E-state index contributed by atoms with van der Waals surface area (Å²) in [7, 11) is 0.